The Morgan fingerprint density at radius 2 is 2.08 bits per heavy atom. The van der Waals surface area contributed by atoms with Gasteiger partial charge in [-0.25, -0.2) is 0 Å². The summed E-state index contributed by atoms with van der Waals surface area (Å²) >= 11 is 0. The van der Waals surface area contributed by atoms with E-state index in [1.165, 1.54) is 0 Å². The molecule has 0 bridgehead atoms. The maximum Gasteiger partial charge on any atom is 0.417 e. The van der Waals surface area contributed by atoms with E-state index in [4.69, 9.17) is 5.21 Å². The summed E-state index contributed by atoms with van der Waals surface area (Å²) < 4.78 is 35.9. The van der Waals surface area contributed by atoms with Crippen molar-refractivity contribution in [3.8, 4) is 0 Å². The second-order valence-corrected chi connectivity index (χ2v) is 2.21. The van der Waals surface area contributed by atoms with Gasteiger partial charge in [-0.15, -0.1) is 0 Å². The molecule has 0 atom stereocenters. The normalized spacial score (nSPS) is 12.2. The van der Waals surface area contributed by atoms with Gasteiger partial charge in [0.25, 0.3) is 0 Å². The molecule has 0 saturated carbocycles. The SMILES string of the molecule is ON=Cc1ccc(C(F)(F)F)cn1. The van der Waals surface area contributed by atoms with E-state index in [1.54, 1.807) is 0 Å². The fourth-order valence-corrected chi connectivity index (χ4v) is 0.709. The fourth-order valence-electron chi connectivity index (χ4n) is 0.709. The summed E-state index contributed by atoms with van der Waals surface area (Å²) in [6.07, 6.45) is -2.76. The predicted octanol–water partition coefficient (Wildman–Crippen LogP) is 1.91. The van der Waals surface area contributed by atoms with Crippen molar-refractivity contribution in [2.75, 3.05) is 0 Å². The lowest BCUT2D eigenvalue weighted by Crippen LogP contribution is -2.05. The molecule has 1 aromatic rings. The number of hydrogen-bond acceptors (Lipinski definition) is 3. The van der Waals surface area contributed by atoms with Crippen molar-refractivity contribution in [1.29, 1.82) is 0 Å². The molecule has 0 aliphatic rings. The van der Waals surface area contributed by atoms with Crippen LogP contribution in [0.4, 0.5) is 13.2 Å². The average Bonchev–Trinajstić information content (AvgIpc) is 2.04. The number of rotatable bonds is 1. The minimum Gasteiger partial charge on any atom is -0.411 e. The van der Waals surface area contributed by atoms with Crippen LogP contribution in [-0.4, -0.2) is 16.4 Å². The van der Waals surface area contributed by atoms with Gasteiger partial charge in [0.2, 0.25) is 0 Å². The summed E-state index contributed by atoms with van der Waals surface area (Å²) in [7, 11) is 0. The molecule has 1 rings (SSSR count). The van der Waals surface area contributed by atoms with Crippen molar-refractivity contribution in [1.82, 2.24) is 4.98 Å². The van der Waals surface area contributed by atoms with Gasteiger partial charge in [0.15, 0.2) is 0 Å². The number of halogens is 3. The molecule has 3 nitrogen and oxygen atoms in total. The average molecular weight is 190 g/mol. The van der Waals surface area contributed by atoms with Crippen LogP contribution < -0.4 is 0 Å². The van der Waals surface area contributed by atoms with E-state index in [0.29, 0.717) is 6.20 Å². The van der Waals surface area contributed by atoms with Crippen LogP contribution in [0.3, 0.4) is 0 Å². The molecule has 0 spiro atoms. The standard InChI is InChI=1S/C7H5F3N2O/c8-7(9,10)5-1-2-6(4-12-13)11-3-5/h1-4,13H. The lowest BCUT2D eigenvalue weighted by molar-refractivity contribution is -0.137. The smallest absolute Gasteiger partial charge is 0.411 e. The number of alkyl halides is 3. The minimum atomic E-state index is -4.39. The second kappa shape index (κ2) is 3.42. The molecule has 13 heavy (non-hydrogen) atoms. The molecule has 0 aliphatic heterocycles. The summed E-state index contributed by atoms with van der Waals surface area (Å²) in [5.74, 6) is 0. The van der Waals surface area contributed by atoms with Gasteiger partial charge in [0.05, 0.1) is 17.5 Å². The van der Waals surface area contributed by atoms with Crippen LogP contribution in [0, 0.1) is 0 Å². The van der Waals surface area contributed by atoms with E-state index in [-0.39, 0.29) is 5.69 Å². The third-order valence-electron chi connectivity index (χ3n) is 1.30. The molecule has 0 saturated heterocycles. The molecule has 1 aromatic heterocycles. The van der Waals surface area contributed by atoms with E-state index < -0.39 is 11.7 Å². The first-order valence-corrected chi connectivity index (χ1v) is 3.24. The van der Waals surface area contributed by atoms with Crippen molar-refractivity contribution in [3.05, 3.63) is 29.6 Å². The van der Waals surface area contributed by atoms with Crippen LogP contribution in [0.15, 0.2) is 23.5 Å². The summed E-state index contributed by atoms with van der Waals surface area (Å²) in [6, 6.07) is 1.98. The molecule has 0 fully saturated rings. The Hall–Kier alpha value is -1.59. The van der Waals surface area contributed by atoms with Crippen molar-refractivity contribution in [2.24, 2.45) is 5.16 Å². The first kappa shape index (κ1) is 9.50. The highest BCUT2D eigenvalue weighted by Gasteiger charge is 2.30. The van der Waals surface area contributed by atoms with E-state index in [9.17, 15) is 13.2 Å². The molecular formula is C7H5F3N2O. The maximum absolute atomic E-state index is 12.0. The Kier molecular flexibility index (Phi) is 2.50. The van der Waals surface area contributed by atoms with Gasteiger partial charge >= 0.3 is 6.18 Å². The van der Waals surface area contributed by atoms with Crippen LogP contribution in [0.2, 0.25) is 0 Å². The molecule has 0 amide bonds. The number of pyridine rings is 1. The summed E-state index contributed by atoms with van der Waals surface area (Å²) in [6.45, 7) is 0. The van der Waals surface area contributed by atoms with E-state index in [1.807, 2.05) is 0 Å². The van der Waals surface area contributed by atoms with Crippen LogP contribution >= 0.6 is 0 Å². The number of aromatic nitrogens is 1. The van der Waals surface area contributed by atoms with Gasteiger partial charge in [-0.3, -0.25) is 4.98 Å². The van der Waals surface area contributed by atoms with Crippen LogP contribution in [-0.2, 0) is 6.18 Å². The maximum atomic E-state index is 12.0. The van der Waals surface area contributed by atoms with Crippen molar-refractivity contribution >= 4 is 6.21 Å². The van der Waals surface area contributed by atoms with E-state index in [2.05, 4.69) is 10.1 Å². The third-order valence-corrected chi connectivity index (χ3v) is 1.30. The Labute approximate surface area is 71.5 Å². The molecular weight excluding hydrogens is 185 g/mol. The molecule has 0 aromatic carbocycles. The fraction of sp³-hybridized carbons (Fsp3) is 0.143. The lowest BCUT2D eigenvalue weighted by atomic mass is 10.2. The van der Waals surface area contributed by atoms with Crippen molar-refractivity contribution in [3.63, 3.8) is 0 Å². The Morgan fingerprint density at radius 1 is 1.38 bits per heavy atom. The Bertz CT molecular complexity index is 305. The van der Waals surface area contributed by atoms with Gasteiger partial charge < -0.3 is 5.21 Å². The summed E-state index contributed by atoms with van der Waals surface area (Å²) in [4.78, 5) is 3.41. The topological polar surface area (TPSA) is 45.5 Å². The van der Waals surface area contributed by atoms with Gasteiger partial charge in [-0.05, 0) is 12.1 Å². The number of hydrogen-bond donors (Lipinski definition) is 1. The third kappa shape index (κ3) is 2.43. The van der Waals surface area contributed by atoms with Crippen molar-refractivity contribution < 1.29 is 18.4 Å². The number of oxime groups is 1. The second-order valence-electron chi connectivity index (χ2n) is 2.21. The minimum absolute atomic E-state index is 0.163. The first-order chi connectivity index (χ1) is 6.04. The molecule has 6 heteroatoms. The Balaban J connectivity index is 2.94. The number of nitrogens with zero attached hydrogens (tertiary/aromatic N) is 2. The molecule has 1 heterocycles. The van der Waals surface area contributed by atoms with Crippen molar-refractivity contribution in [2.45, 2.75) is 6.18 Å². The monoisotopic (exact) mass is 190 g/mol. The highest BCUT2D eigenvalue weighted by molar-refractivity contribution is 5.76. The van der Waals surface area contributed by atoms with E-state index in [0.717, 1.165) is 18.3 Å². The molecule has 70 valence electrons. The van der Waals surface area contributed by atoms with Crippen LogP contribution in [0.5, 0.6) is 0 Å². The predicted molar refractivity (Wildman–Crippen MR) is 38.6 cm³/mol. The molecule has 0 unspecified atom stereocenters. The highest BCUT2D eigenvalue weighted by Crippen LogP contribution is 2.28. The molecule has 0 radical (unpaired) electrons. The van der Waals surface area contributed by atoms with Crippen LogP contribution in [0.25, 0.3) is 0 Å². The van der Waals surface area contributed by atoms with E-state index >= 15 is 0 Å². The summed E-state index contributed by atoms with van der Waals surface area (Å²) in [5, 5.41) is 10.7. The molecule has 0 aliphatic carbocycles. The summed E-state index contributed by atoms with van der Waals surface area (Å²) in [5.41, 5.74) is -0.668. The zero-order valence-electron chi connectivity index (χ0n) is 6.28. The van der Waals surface area contributed by atoms with Gasteiger partial charge in [-0.1, -0.05) is 5.16 Å². The zero-order chi connectivity index (χ0) is 9.90. The first-order valence-electron chi connectivity index (χ1n) is 3.24. The Morgan fingerprint density at radius 3 is 2.46 bits per heavy atom. The lowest BCUT2D eigenvalue weighted by Gasteiger charge is -2.04. The van der Waals surface area contributed by atoms with Gasteiger partial charge in [0, 0.05) is 6.20 Å². The highest BCUT2D eigenvalue weighted by atomic mass is 19.4. The largest absolute Gasteiger partial charge is 0.417 e. The molecule has 1 N–H and O–H groups in total. The van der Waals surface area contributed by atoms with Crippen LogP contribution in [0.1, 0.15) is 11.3 Å². The zero-order valence-corrected chi connectivity index (χ0v) is 6.28. The van der Waals surface area contributed by atoms with Gasteiger partial charge in [-0.2, -0.15) is 13.2 Å². The quantitative estimate of drug-likeness (QED) is 0.417. The van der Waals surface area contributed by atoms with Gasteiger partial charge in [0.1, 0.15) is 0 Å².